The van der Waals surface area contributed by atoms with Gasteiger partial charge in [-0.15, -0.1) is 0 Å². The lowest BCUT2D eigenvalue weighted by atomic mass is 9.72. The SMILES string of the molecule is C=C/C=C\C(=C/C)C(CC(C)C)C(C)(C)C. The molecule has 0 radical (unpaired) electrons. The van der Waals surface area contributed by atoms with Crippen LogP contribution in [0.3, 0.4) is 0 Å². The molecule has 0 saturated carbocycles. The van der Waals surface area contributed by atoms with E-state index in [9.17, 15) is 0 Å². The summed E-state index contributed by atoms with van der Waals surface area (Å²) >= 11 is 0. The lowest BCUT2D eigenvalue weighted by Gasteiger charge is -2.33. The van der Waals surface area contributed by atoms with E-state index in [1.807, 2.05) is 12.2 Å². The van der Waals surface area contributed by atoms with Gasteiger partial charge in [0, 0.05) is 0 Å². The molecule has 0 spiro atoms. The molecular weight excluding hydrogens is 192 g/mol. The molecule has 0 rings (SSSR count). The molecule has 0 aromatic rings. The third kappa shape index (κ3) is 5.34. The van der Waals surface area contributed by atoms with Gasteiger partial charge in [0.1, 0.15) is 0 Å². The van der Waals surface area contributed by atoms with E-state index in [0.717, 1.165) is 5.92 Å². The Morgan fingerprint density at radius 2 is 1.81 bits per heavy atom. The predicted molar refractivity (Wildman–Crippen MR) is 75.5 cm³/mol. The molecule has 0 fully saturated rings. The summed E-state index contributed by atoms with van der Waals surface area (Å²) in [5, 5.41) is 0. The van der Waals surface area contributed by atoms with E-state index in [2.05, 4.69) is 60.3 Å². The third-order valence-electron chi connectivity index (χ3n) is 2.91. The van der Waals surface area contributed by atoms with Gasteiger partial charge in [0.2, 0.25) is 0 Å². The predicted octanol–water partition coefficient (Wildman–Crippen LogP) is 5.38. The van der Waals surface area contributed by atoms with Crippen LogP contribution in [0.25, 0.3) is 0 Å². The van der Waals surface area contributed by atoms with E-state index in [-0.39, 0.29) is 0 Å². The van der Waals surface area contributed by atoms with Gasteiger partial charge in [0.05, 0.1) is 0 Å². The molecule has 0 aliphatic carbocycles. The van der Waals surface area contributed by atoms with E-state index in [0.29, 0.717) is 11.3 Å². The van der Waals surface area contributed by atoms with Crippen molar-refractivity contribution in [3.63, 3.8) is 0 Å². The zero-order chi connectivity index (χ0) is 12.8. The summed E-state index contributed by atoms with van der Waals surface area (Å²) in [7, 11) is 0. The van der Waals surface area contributed by atoms with E-state index in [1.54, 1.807) is 0 Å². The van der Waals surface area contributed by atoms with Crippen molar-refractivity contribution in [3.8, 4) is 0 Å². The summed E-state index contributed by atoms with van der Waals surface area (Å²) in [6.45, 7) is 17.4. The Morgan fingerprint density at radius 3 is 2.12 bits per heavy atom. The Kier molecular flexibility index (Phi) is 6.40. The average molecular weight is 220 g/mol. The minimum atomic E-state index is 0.317. The van der Waals surface area contributed by atoms with E-state index < -0.39 is 0 Å². The highest BCUT2D eigenvalue weighted by Gasteiger charge is 2.26. The Hall–Kier alpha value is -0.780. The fourth-order valence-electron chi connectivity index (χ4n) is 2.05. The highest BCUT2D eigenvalue weighted by molar-refractivity contribution is 5.25. The minimum absolute atomic E-state index is 0.317. The maximum absolute atomic E-state index is 3.74. The number of rotatable bonds is 5. The molecular formula is C16H28. The van der Waals surface area contributed by atoms with Gasteiger partial charge in [0.15, 0.2) is 0 Å². The van der Waals surface area contributed by atoms with Gasteiger partial charge in [-0.1, -0.05) is 65.5 Å². The molecule has 1 atom stereocenters. The number of allylic oxidation sites excluding steroid dienone is 5. The van der Waals surface area contributed by atoms with Gasteiger partial charge in [-0.25, -0.2) is 0 Å². The summed E-state index contributed by atoms with van der Waals surface area (Å²) in [5.74, 6) is 1.35. The van der Waals surface area contributed by atoms with Gasteiger partial charge in [-0.3, -0.25) is 0 Å². The zero-order valence-corrected chi connectivity index (χ0v) is 11.9. The van der Waals surface area contributed by atoms with Crippen LogP contribution in [0.15, 0.2) is 36.5 Å². The molecule has 0 nitrogen and oxygen atoms in total. The molecule has 0 bridgehead atoms. The Morgan fingerprint density at radius 1 is 1.25 bits per heavy atom. The highest BCUT2D eigenvalue weighted by Crippen LogP contribution is 2.37. The highest BCUT2D eigenvalue weighted by atomic mass is 14.3. The molecule has 0 amide bonds. The van der Waals surface area contributed by atoms with Crippen LogP contribution in [-0.2, 0) is 0 Å². The molecule has 16 heavy (non-hydrogen) atoms. The molecule has 92 valence electrons. The first kappa shape index (κ1) is 15.2. The van der Waals surface area contributed by atoms with Crippen molar-refractivity contribution >= 4 is 0 Å². The third-order valence-corrected chi connectivity index (χ3v) is 2.91. The van der Waals surface area contributed by atoms with Crippen LogP contribution in [0.5, 0.6) is 0 Å². The fourth-order valence-corrected chi connectivity index (χ4v) is 2.05. The van der Waals surface area contributed by atoms with Crippen molar-refractivity contribution in [3.05, 3.63) is 36.5 Å². The van der Waals surface area contributed by atoms with Gasteiger partial charge >= 0.3 is 0 Å². The summed E-state index contributed by atoms with van der Waals surface area (Å²) in [5.41, 5.74) is 1.75. The first-order valence-corrected chi connectivity index (χ1v) is 6.28. The van der Waals surface area contributed by atoms with Crippen LogP contribution in [0.4, 0.5) is 0 Å². The lowest BCUT2D eigenvalue weighted by molar-refractivity contribution is 0.244. The van der Waals surface area contributed by atoms with Crippen LogP contribution in [0.2, 0.25) is 0 Å². The number of hydrogen-bond donors (Lipinski definition) is 0. The largest absolute Gasteiger partial charge is 0.0991 e. The second-order valence-corrected chi connectivity index (χ2v) is 5.93. The van der Waals surface area contributed by atoms with Crippen LogP contribution < -0.4 is 0 Å². The van der Waals surface area contributed by atoms with Crippen molar-refractivity contribution in [1.29, 1.82) is 0 Å². The van der Waals surface area contributed by atoms with Crippen LogP contribution in [0, 0.1) is 17.3 Å². The Bertz CT molecular complexity index is 258. The minimum Gasteiger partial charge on any atom is -0.0991 e. The summed E-state index contributed by atoms with van der Waals surface area (Å²) in [4.78, 5) is 0. The Balaban J connectivity index is 5.00. The molecule has 0 aromatic carbocycles. The molecule has 0 aliphatic heterocycles. The first-order chi connectivity index (χ1) is 7.32. The van der Waals surface area contributed by atoms with Crippen molar-refractivity contribution in [2.24, 2.45) is 17.3 Å². The van der Waals surface area contributed by atoms with Gasteiger partial charge < -0.3 is 0 Å². The monoisotopic (exact) mass is 220 g/mol. The molecule has 0 aliphatic rings. The van der Waals surface area contributed by atoms with Crippen molar-refractivity contribution in [1.82, 2.24) is 0 Å². The molecule has 0 aromatic heterocycles. The van der Waals surface area contributed by atoms with Crippen molar-refractivity contribution in [2.45, 2.75) is 48.0 Å². The fraction of sp³-hybridized carbons (Fsp3) is 0.625. The lowest BCUT2D eigenvalue weighted by Crippen LogP contribution is -2.23. The zero-order valence-electron chi connectivity index (χ0n) is 11.9. The molecule has 0 N–H and O–H groups in total. The van der Waals surface area contributed by atoms with Crippen molar-refractivity contribution < 1.29 is 0 Å². The van der Waals surface area contributed by atoms with E-state index in [1.165, 1.54) is 12.0 Å². The molecule has 0 saturated heterocycles. The standard InChI is InChI=1S/C16H28/c1-8-10-11-14(9-2)15(12-13(3)4)16(5,6)7/h8-11,13,15H,1,12H2,2-7H3/b11-10-,14-9+. The quantitative estimate of drug-likeness (QED) is 0.545. The second kappa shape index (κ2) is 6.73. The Labute approximate surface area is 102 Å². The van der Waals surface area contributed by atoms with E-state index >= 15 is 0 Å². The van der Waals surface area contributed by atoms with Crippen LogP contribution in [0.1, 0.15) is 48.0 Å². The van der Waals surface area contributed by atoms with Gasteiger partial charge in [-0.2, -0.15) is 0 Å². The van der Waals surface area contributed by atoms with Crippen LogP contribution >= 0.6 is 0 Å². The molecule has 0 heterocycles. The molecule has 1 unspecified atom stereocenters. The van der Waals surface area contributed by atoms with Crippen LogP contribution in [-0.4, -0.2) is 0 Å². The number of hydrogen-bond acceptors (Lipinski definition) is 0. The van der Waals surface area contributed by atoms with Crippen molar-refractivity contribution in [2.75, 3.05) is 0 Å². The van der Waals surface area contributed by atoms with Gasteiger partial charge in [-0.05, 0) is 36.2 Å². The second-order valence-electron chi connectivity index (χ2n) is 5.93. The van der Waals surface area contributed by atoms with E-state index in [4.69, 9.17) is 0 Å². The summed E-state index contributed by atoms with van der Waals surface area (Å²) < 4.78 is 0. The molecule has 0 heteroatoms. The normalized spacial score (nSPS) is 15.8. The average Bonchev–Trinajstić information content (AvgIpc) is 2.15. The first-order valence-electron chi connectivity index (χ1n) is 6.28. The summed E-state index contributed by atoms with van der Waals surface area (Å²) in [6.07, 6.45) is 9.56. The maximum atomic E-state index is 3.74. The van der Waals surface area contributed by atoms with Gasteiger partial charge in [0.25, 0.3) is 0 Å². The topological polar surface area (TPSA) is 0 Å². The summed E-state index contributed by atoms with van der Waals surface area (Å²) in [6, 6.07) is 0. The maximum Gasteiger partial charge on any atom is -0.0114 e. The smallest absolute Gasteiger partial charge is 0.0114 e.